The van der Waals surface area contributed by atoms with Crippen LogP contribution in [0.2, 0.25) is 0 Å². The molecule has 0 aliphatic carbocycles. The van der Waals surface area contributed by atoms with Crippen LogP contribution in [0.4, 0.5) is 5.13 Å². The molecule has 33 heavy (non-hydrogen) atoms. The molecule has 0 fully saturated rings. The number of hydrogen-bond donors (Lipinski definition) is 0. The van der Waals surface area contributed by atoms with Gasteiger partial charge in [-0.2, -0.15) is 0 Å². The number of anilines is 1. The van der Waals surface area contributed by atoms with E-state index in [-0.39, 0.29) is 36.8 Å². The maximum atomic E-state index is 13.2. The number of benzene rings is 2. The van der Waals surface area contributed by atoms with Gasteiger partial charge < -0.3 is 0 Å². The highest BCUT2D eigenvalue weighted by Gasteiger charge is 2.22. The van der Waals surface area contributed by atoms with Gasteiger partial charge in [0, 0.05) is 12.6 Å². The molecule has 0 bridgehead atoms. The molecule has 8 heteroatoms. The second-order valence-electron chi connectivity index (χ2n) is 7.90. The van der Waals surface area contributed by atoms with Crippen molar-refractivity contribution in [1.82, 2.24) is 9.97 Å². The molecule has 2 aromatic heterocycles. The Hall–Kier alpha value is -3.10. The Bertz CT molecular complexity index is 1340. The van der Waals surface area contributed by atoms with E-state index in [1.807, 2.05) is 61.5 Å². The van der Waals surface area contributed by atoms with Gasteiger partial charge in [-0.05, 0) is 42.7 Å². The molecular formula is C25H25N3O3S2. The van der Waals surface area contributed by atoms with Crippen molar-refractivity contribution >= 4 is 42.4 Å². The minimum Gasteiger partial charge on any atom is -0.282 e. The van der Waals surface area contributed by atoms with Crippen LogP contribution in [0.5, 0.6) is 0 Å². The number of aromatic nitrogens is 2. The van der Waals surface area contributed by atoms with Gasteiger partial charge in [-0.3, -0.25) is 14.7 Å². The van der Waals surface area contributed by atoms with Gasteiger partial charge in [0.15, 0.2) is 15.0 Å². The topological polar surface area (TPSA) is 80.2 Å². The van der Waals surface area contributed by atoms with Crippen LogP contribution in [0.1, 0.15) is 29.7 Å². The van der Waals surface area contributed by atoms with Gasteiger partial charge >= 0.3 is 0 Å². The van der Waals surface area contributed by atoms with Crippen molar-refractivity contribution in [1.29, 1.82) is 0 Å². The molecule has 0 aliphatic rings. The fourth-order valence-electron chi connectivity index (χ4n) is 3.58. The second kappa shape index (κ2) is 10.2. The van der Waals surface area contributed by atoms with Crippen LogP contribution in [0.15, 0.2) is 72.9 Å². The van der Waals surface area contributed by atoms with E-state index in [0.717, 1.165) is 27.0 Å². The molecule has 0 atom stereocenters. The molecule has 0 radical (unpaired) electrons. The maximum absolute atomic E-state index is 13.2. The Morgan fingerprint density at radius 1 is 1.00 bits per heavy atom. The largest absolute Gasteiger partial charge is 0.282 e. The van der Waals surface area contributed by atoms with Gasteiger partial charge in [0.05, 0.1) is 34.0 Å². The monoisotopic (exact) mass is 479 g/mol. The number of nitrogens with zero attached hydrogens (tertiary/aromatic N) is 3. The number of thiazole rings is 1. The number of aryl methyl sites for hydroxylation is 1. The first-order valence-electron chi connectivity index (χ1n) is 10.7. The minimum atomic E-state index is -3.30. The summed E-state index contributed by atoms with van der Waals surface area (Å²) in [7, 11) is -3.30. The molecule has 1 amide bonds. The van der Waals surface area contributed by atoms with E-state index >= 15 is 0 Å². The van der Waals surface area contributed by atoms with E-state index < -0.39 is 9.84 Å². The molecule has 4 rings (SSSR count). The fourth-order valence-corrected chi connectivity index (χ4v) is 6.07. The van der Waals surface area contributed by atoms with Crippen LogP contribution in [0.3, 0.4) is 0 Å². The predicted octanol–water partition coefficient (Wildman–Crippen LogP) is 4.93. The van der Waals surface area contributed by atoms with Crippen LogP contribution in [-0.2, 0) is 26.9 Å². The molecule has 0 saturated heterocycles. The van der Waals surface area contributed by atoms with Crippen molar-refractivity contribution in [2.24, 2.45) is 0 Å². The summed E-state index contributed by atoms with van der Waals surface area (Å²) in [5.41, 5.74) is 3.43. The molecule has 6 nitrogen and oxygen atoms in total. The SMILES string of the molecule is Cc1cccc2sc(N(Cc3ccccn3)C(=O)CCCS(=O)(=O)Cc3ccccc3)nc12. The van der Waals surface area contributed by atoms with Crippen LogP contribution in [0.25, 0.3) is 10.2 Å². The maximum Gasteiger partial charge on any atom is 0.229 e. The number of pyridine rings is 1. The molecule has 2 aromatic carbocycles. The number of fused-ring (bicyclic) bond motifs is 1. The average Bonchev–Trinajstić information content (AvgIpc) is 3.24. The predicted molar refractivity (Wildman–Crippen MR) is 133 cm³/mol. The summed E-state index contributed by atoms with van der Waals surface area (Å²) in [5, 5.41) is 0.599. The van der Waals surface area contributed by atoms with Crippen molar-refractivity contribution in [3.05, 3.63) is 89.7 Å². The molecule has 0 saturated carbocycles. The summed E-state index contributed by atoms with van der Waals surface area (Å²) >= 11 is 1.46. The van der Waals surface area contributed by atoms with Crippen LogP contribution in [0, 0.1) is 6.92 Å². The summed E-state index contributed by atoms with van der Waals surface area (Å²) in [5.74, 6) is -0.215. The quantitative estimate of drug-likeness (QED) is 0.340. The third kappa shape index (κ3) is 6.03. The molecule has 2 heterocycles. The van der Waals surface area contributed by atoms with Crippen molar-refractivity contribution in [2.75, 3.05) is 10.7 Å². The Balaban J connectivity index is 1.49. The Morgan fingerprint density at radius 2 is 1.79 bits per heavy atom. The molecular weight excluding hydrogens is 454 g/mol. The number of carbonyl (C=O) groups is 1. The van der Waals surface area contributed by atoms with E-state index in [4.69, 9.17) is 4.98 Å². The zero-order valence-corrected chi connectivity index (χ0v) is 20.0. The minimum absolute atomic E-state index is 0.0170. The first-order chi connectivity index (χ1) is 15.9. The fraction of sp³-hybridized carbons (Fsp3) is 0.240. The third-order valence-corrected chi connectivity index (χ3v) is 7.99. The lowest BCUT2D eigenvalue weighted by molar-refractivity contribution is -0.118. The highest BCUT2D eigenvalue weighted by Crippen LogP contribution is 2.31. The van der Waals surface area contributed by atoms with Crippen LogP contribution in [-0.4, -0.2) is 30.0 Å². The number of carbonyl (C=O) groups excluding carboxylic acids is 1. The average molecular weight is 480 g/mol. The Kier molecular flexibility index (Phi) is 7.15. The zero-order valence-electron chi connectivity index (χ0n) is 18.3. The number of hydrogen-bond acceptors (Lipinski definition) is 6. The van der Waals surface area contributed by atoms with Crippen molar-refractivity contribution in [2.45, 2.75) is 32.1 Å². The molecule has 0 aliphatic heterocycles. The van der Waals surface area contributed by atoms with Gasteiger partial charge in [0.25, 0.3) is 0 Å². The summed E-state index contributed by atoms with van der Waals surface area (Å²) in [4.78, 5) is 23.9. The lowest BCUT2D eigenvalue weighted by atomic mass is 10.2. The lowest BCUT2D eigenvalue weighted by Crippen LogP contribution is -2.31. The number of rotatable bonds is 9. The van der Waals surface area contributed by atoms with Gasteiger partial charge in [0.1, 0.15) is 0 Å². The van der Waals surface area contributed by atoms with Crippen molar-refractivity contribution in [3.8, 4) is 0 Å². The lowest BCUT2D eigenvalue weighted by Gasteiger charge is -2.19. The van der Waals surface area contributed by atoms with Crippen molar-refractivity contribution < 1.29 is 13.2 Å². The second-order valence-corrected chi connectivity index (χ2v) is 11.1. The van der Waals surface area contributed by atoms with E-state index in [0.29, 0.717) is 5.13 Å². The van der Waals surface area contributed by atoms with E-state index in [1.165, 1.54) is 11.3 Å². The van der Waals surface area contributed by atoms with Crippen molar-refractivity contribution in [3.63, 3.8) is 0 Å². The number of para-hydroxylation sites is 1. The molecule has 0 spiro atoms. The first kappa shape index (κ1) is 23.1. The summed E-state index contributed by atoms with van der Waals surface area (Å²) < 4.78 is 26.1. The van der Waals surface area contributed by atoms with E-state index in [1.54, 1.807) is 23.2 Å². The highest BCUT2D eigenvalue weighted by atomic mass is 32.2. The van der Waals surface area contributed by atoms with Crippen LogP contribution >= 0.6 is 11.3 Å². The summed E-state index contributed by atoms with van der Waals surface area (Å²) in [6.45, 7) is 2.28. The van der Waals surface area contributed by atoms with E-state index in [2.05, 4.69) is 4.98 Å². The summed E-state index contributed by atoms with van der Waals surface area (Å²) in [6.07, 6.45) is 2.07. The molecule has 4 aromatic rings. The van der Waals surface area contributed by atoms with Gasteiger partial charge in [0.2, 0.25) is 5.91 Å². The van der Waals surface area contributed by atoms with Gasteiger partial charge in [-0.25, -0.2) is 13.4 Å². The molecule has 0 unspecified atom stereocenters. The Morgan fingerprint density at radius 3 is 2.52 bits per heavy atom. The number of amides is 1. The summed E-state index contributed by atoms with van der Waals surface area (Å²) in [6, 6.07) is 20.6. The Labute approximate surface area is 197 Å². The smallest absolute Gasteiger partial charge is 0.229 e. The highest BCUT2D eigenvalue weighted by molar-refractivity contribution is 7.90. The van der Waals surface area contributed by atoms with Gasteiger partial charge in [-0.1, -0.05) is 59.9 Å². The zero-order chi connectivity index (χ0) is 23.3. The molecule has 170 valence electrons. The van der Waals surface area contributed by atoms with E-state index in [9.17, 15) is 13.2 Å². The third-order valence-electron chi connectivity index (χ3n) is 5.26. The van der Waals surface area contributed by atoms with Gasteiger partial charge in [-0.15, -0.1) is 0 Å². The first-order valence-corrected chi connectivity index (χ1v) is 13.4. The standard InChI is InChI=1S/C25H25N3O3S2/c1-19-9-7-13-22-24(19)27-25(32-22)28(17-21-12-5-6-15-26-21)23(29)14-8-16-33(30,31)18-20-10-3-2-4-11-20/h2-7,9-13,15H,8,14,16-18H2,1H3. The van der Waals surface area contributed by atoms with Crippen LogP contribution < -0.4 is 4.90 Å². The number of sulfone groups is 1. The normalized spacial score (nSPS) is 11.5. The molecule has 0 N–H and O–H groups in total.